The third-order valence-electron chi connectivity index (χ3n) is 8.35. The second kappa shape index (κ2) is 11.2. The van der Waals surface area contributed by atoms with Gasteiger partial charge in [-0.2, -0.15) is 0 Å². The van der Waals surface area contributed by atoms with Gasteiger partial charge in [0.2, 0.25) is 11.8 Å². The van der Waals surface area contributed by atoms with Gasteiger partial charge in [-0.1, -0.05) is 64.5 Å². The van der Waals surface area contributed by atoms with Crippen LogP contribution in [0.15, 0.2) is 94.5 Å². The Kier molecular flexibility index (Phi) is 7.45. The quantitative estimate of drug-likeness (QED) is 0.198. The van der Waals surface area contributed by atoms with Gasteiger partial charge in [0.15, 0.2) is 0 Å². The van der Waals surface area contributed by atoms with E-state index in [1.165, 1.54) is 4.90 Å². The molecule has 0 unspecified atom stereocenters. The van der Waals surface area contributed by atoms with Crippen LogP contribution in [0.25, 0.3) is 11.6 Å². The summed E-state index contributed by atoms with van der Waals surface area (Å²) in [6, 6.07) is 24.4. The Balaban J connectivity index is 1.28. The first-order valence-electron chi connectivity index (χ1n) is 13.6. The van der Waals surface area contributed by atoms with Crippen LogP contribution in [0.2, 0.25) is 0 Å². The molecule has 2 N–H and O–H groups in total. The predicted molar refractivity (Wildman–Crippen MR) is 157 cm³/mol. The zero-order valence-corrected chi connectivity index (χ0v) is 23.5. The normalized spacial score (nSPS) is 24.4. The number of phenols is 1. The molecule has 0 aromatic heterocycles. The van der Waals surface area contributed by atoms with Gasteiger partial charge < -0.3 is 14.9 Å². The molecule has 2 aliphatic heterocycles. The number of phenolic OH excluding ortho intramolecular Hbond substituents is 1. The van der Waals surface area contributed by atoms with Gasteiger partial charge in [0, 0.05) is 16.0 Å². The highest BCUT2D eigenvalue weighted by Crippen LogP contribution is 2.50. The van der Waals surface area contributed by atoms with E-state index in [-0.39, 0.29) is 36.2 Å². The molecule has 2 heterocycles. The average Bonchev–Trinajstić information content (AvgIpc) is 3.51. The fraction of sp³-hybridized carbons (Fsp3) is 0.273. The highest BCUT2D eigenvalue weighted by atomic mass is 79.9. The topological polar surface area (TPSA) is 87.1 Å². The summed E-state index contributed by atoms with van der Waals surface area (Å²) < 4.78 is 7.18. The minimum absolute atomic E-state index is 0.158. The van der Waals surface area contributed by atoms with E-state index in [0.29, 0.717) is 37.1 Å². The Morgan fingerprint density at radius 2 is 1.70 bits per heavy atom. The highest BCUT2D eigenvalue weighted by molar-refractivity contribution is 9.10. The zero-order valence-electron chi connectivity index (χ0n) is 21.9. The number of nitrogens with zero attached hydrogens (tertiary/aromatic N) is 1. The van der Waals surface area contributed by atoms with E-state index in [2.05, 4.69) is 15.9 Å². The van der Waals surface area contributed by atoms with Crippen LogP contribution in [0.4, 0.5) is 5.69 Å². The van der Waals surface area contributed by atoms with Crippen molar-refractivity contribution in [2.24, 2.45) is 17.8 Å². The number of rotatable bonds is 7. The van der Waals surface area contributed by atoms with Crippen LogP contribution in [-0.2, 0) is 14.3 Å². The van der Waals surface area contributed by atoms with Crippen LogP contribution < -0.4 is 4.90 Å². The van der Waals surface area contributed by atoms with E-state index in [4.69, 9.17) is 4.74 Å². The number of para-hydroxylation sites is 1. The van der Waals surface area contributed by atoms with Crippen molar-refractivity contribution in [3.63, 3.8) is 0 Å². The minimum atomic E-state index is -0.481. The molecule has 0 saturated carbocycles. The first-order valence-corrected chi connectivity index (χ1v) is 14.4. The fourth-order valence-electron chi connectivity index (χ4n) is 6.52. The number of hydrogen-bond acceptors (Lipinski definition) is 5. The molecule has 40 heavy (non-hydrogen) atoms. The maximum Gasteiger partial charge on any atom is 0.238 e. The van der Waals surface area contributed by atoms with Crippen molar-refractivity contribution in [1.82, 2.24) is 0 Å². The van der Waals surface area contributed by atoms with Gasteiger partial charge in [-0.15, -0.1) is 0 Å². The Bertz CT molecular complexity index is 1500. The number of aromatic hydroxyl groups is 1. The number of anilines is 1. The van der Waals surface area contributed by atoms with Crippen molar-refractivity contribution in [1.29, 1.82) is 0 Å². The molecule has 2 saturated heterocycles. The van der Waals surface area contributed by atoms with Crippen molar-refractivity contribution < 1.29 is 24.5 Å². The number of halogens is 1. The Morgan fingerprint density at radius 1 is 0.975 bits per heavy atom. The number of amides is 2. The van der Waals surface area contributed by atoms with Crippen LogP contribution in [0, 0.1) is 17.8 Å². The molecule has 0 bridgehead atoms. The lowest BCUT2D eigenvalue weighted by Crippen LogP contribution is -2.35. The number of imide groups is 1. The Hall–Kier alpha value is -3.52. The number of benzene rings is 3. The fourth-order valence-corrected chi connectivity index (χ4v) is 6.90. The number of ether oxygens (including phenoxy) is 1. The van der Waals surface area contributed by atoms with Gasteiger partial charge in [-0.05, 0) is 78.0 Å². The van der Waals surface area contributed by atoms with Gasteiger partial charge in [0.05, 0.1) is 36.8 Å². The lowest BCUT2D eigenvalue weighted by Gasteiger charge is -2.31. The minimum Gasteiger partial charge on any atom is -0.507 e. The van der Waals surface area contributed by atoms with E-state index < -0.39 is 11.8 Å². The summed E-state index contributed by atoms with van der Waals surface area (Å²) in [4.78, 5) is 28.4. The lowest BCUT2D eigenvalue weighted by molar-refractivity contribution is -0.122. The number of aliphatic hydroxyl groups is 1. The molecule has 6 nitrogen and oxygen atoms in total. The number of hydrogen-bond donors (Lipinski definition) is 2. The third kappa shape index (κ3) is 4.83. The summed E-state index contributed by atoms with van der Waals surface area (Å²) in [5.41, 5.74) is 5.19. The zero-order chi connectivity index (χ0) is 27.8. The molecule has 204 valence electrons. The molecule has 4 atom stereocenters. The molecule has 6 rings (SSSR count). The first-order chi connectivity index (χ1) is 19.5. The van der Waals surface area contributed by atoms with E-state index in [1.54, 1.807) is 24.3 Å². The van der Waals surface area contributed by atoms with E-state index in [0.717, 1.165) is 26.8 Å². The number of allylic oxidation sites excluding steroid dienone is 1. The van der Waals surface area contributed by atoms with Crippen molar-refractivity contribution in [3.8, 4) is 5.75 Å². The summed E-state index contributed by atoms with van der Waals surface area (Å²) in [5, 5.41) is 20.8. The van der Waals surface area contributed by atoms with Gasteiger partial charge in [-0.25, -0.2) is 0 Å². The lowest BCUT2D eigenvalue weighted by atomic mass is 9.69. The molecule has 0 radical (unpaired) electrons. The SMILES string of the molecule is O=C1[C@@H]2[C@@H](CC(CO)=C3[C@@H](CC/C(=C/c4cc(Br)ccc4O)c4ccccc4)OC[C@@H]32)C(=O)N1c1ccccc1. The molecular weight excluding hydrogens is 570 g/mol. The van der Waals surface area contributed by atoms with E-state index in [1.807, 2.05) is 60.7 Å². The van der Waals surface area contributed by atoms with E-state index >= 15 is 0 Å². The van der Waals surface area contributed by atoms with Crippen LogP contribution in [0.3, 0.4) is 0 Å². The number of carbonyl (C=O) groups is 2. The van der Waals surface area contributed by atoms with Crippen LogP contribution >= 0.6 is 15.9 Å². The largest absolute Gasteiger partial charge is 0.507 e. The first kappa shape index (κ1) is 26.7. The van der Waals surface area contributed by atoms with Gasteiger partial charge in [0.25, 0.3) is 0 Å². The molecule has 3 aliphatic rings. The van der Waals surface area contributed by atoms with Gasteiger partial charge in [0.1, 0.15) is 5.75 Å². The van der Waals surface area contributed by atoms with Crippen LogP contribution in [-0.4, -0.2) is 41.3 Å². The average molecular weight is 601 g/mol. The second-order valence-corrected chi connectivity index (χ2v) is 11.5. The van der Waals surface area contributed by atoms with Crippen molar-refractivity contribution in [3.05, 3.63) is 106 Å². The van der Waals surface area contributed by atoms with E-state index in [9.17, 15) is 19.8 Å². The molecule has 0 spiro atoms. The standard InChI is InChI=1S/C33H30BrNO5/c34-24-12-13-28(37)22(16-24)15-21(20-7-3-1-4-8-20)11-14-29-30-23(18-36)17-26-31(27(30)19-40-29)33(39)35(32(26)38)25-9-5-2-6-10-25/h1-10,12-13,15-16,26-27,29,31,36-37H,11,14,17-19H2/b21-15-/t26-,27+,29-,31-/m1/s1. The number of fused-ring (bicyclic) bond motifs is 3. The number of carbonyl (C=O) groups excluding carboxylic acids is 2. The molecule has 2 amide bonds. The second-order valence-electron chi connectivity index (χ2n) is 10.6. The molecule has 1 aliphatic carbocycles. The van der Waals surface area contributed by atoms with Crippen LogP contribution in [0.5, 0.6) is 5.75 Å². The van der Waals surface area contributed by atoms with Gasteiger partial charge >= 0.3 is 0 Å². The predicted octanol–water partition coefficient (Wildman–Crippen LogP) is 5.99. The maximum atomic E-state index is 13.6. The monoisotopic (exact) mass is 599 g/mol. The molecule has 2 fully saturated rings. The summed E-state index contributed by atoms with van der Waals surface area (Å²) in [6.07, 6.45) is 3.41. The number of aliphatic hydroxyl groups excluding tert-OH is 1. The highest BCUT2D eigenvalue weighted by Gasteiger charge is 2.57. The maximum absolute atomic E-state index is 13.6. The van der Waals surface area contributed by atoms with Crippen molar-refractivity contribution in [2.45, 2.75) is 25.4 Å². The third-order valence-corrected chi connectivity index (χ3v) is 8.85. The molecule has 7 heteroatoms. The Morgan fingerprint density at radius 3 is 2.42 bits per heavy atom. The summed E-state index contributed by atoms with van der Waals surface area (Å²) in [7, 11) is 0. The summed E-state index contributed by atoms with van der Waals surface area (Å²) in [5.74, 6) is -1.37. The van der Waals surface area contributed by atoms with Crippen LogP contribution in [0.1, 0.15) is 30.4 Å². The smallest absolute Gasteiger partial charge is 0.238 e. The molecule has 3 aromatic carbocycles. The molecular formula is C33H30BrNO5. The van der Waals surface area contributed by atoms with Crippen molar-refractivity contribution in [2.75, 3.05) is 18.1 Å². The summed E-state index contributed by atoms with van der Waals surface area (Å²) >= 11 is 3.49. The van der Waals surface area contributed by atoms with Crippen molar-refractivity contribution >= 4 is 45.1 Å². The molecule has 3 aromatic rings. The van der Waals surface area contributed by atoms with Gasteiger partial charge in [-0.3, -0.25) is 14.5 Å². The Labute approximate surface area is 241 Å². The summed E-state index contributed by atoms with van der Waals surface area (Å²) in [6.45, 7) is 0.193.